The van der Waals surface area contributed by atoms with Crippen molar-refractivity contribution >= 4 is 5.78 Å². The fraction of sp³-hybridized carbons (Fsp3) is 0.963. The minimum atomic E-state index is -0.669. The Balaban J connectivity index is 1.54. The Kier molecular flexibility index (Phi) is 6.21. The summed E-state index contributed by atoms with van der Waals surface area (Å²) in [5.74, 6) is 3.91. The maximum Gasteiger partial charge on any atom is 0.133 e. The van der Waals surface area contributed by atoms with E-state index in [0.29, 0.717) is 40.8 Å². The van der Waals surface area contributed by atoms with Crippen molar-refractivity contribution in [2.75, 3.05) is 6.61 Å². The highest BCUT2D eigenvalue weighted by Gasteiger charge is 2.63. The molecule has 8 atom stereocenters. The molecule has 2 N–H and O–H groups in total. The molecule has 0 heterocycles. The number of Topliss-reactive ketones (excluding diaryl/α,β-unsaturated/α-hetero) is 1. The van der Waals surface area contributed by atoms with E-state index in [0.717, 1.165) is 44.9 Å². The van der Waals surface area contributed by atoms with E-state index in [9.17, 15) is 15.0 Å². The van der Waals surface area contributed by atoms with Crippen LogP contribution in [0.15, 0.2) is 0 Å². The fourth-order valence-electron chi connectivity index (χ4n) is 9.14. The molecule has 172 valence electrons. The molecule has 3 heteroatoms. The summed E-state index contributed by atoms with van der Waals surface area (Å²) in [5.41, 5.74) is -0.440. The number of fused-ring (bicyclic) bond motifs is 5. The van der Waals surface area contributed by atoms with Gasteiger partial charge in [0.25, 0.3) is 0 Å². The quantitative estimate of drug-likeness (QED) is 0.576. The molecule has 3 nitrogen and oxygen atoms in total. The monoisotopic (exact) mass is 418 g/mol. The predicted octanol–water partition coefficient (Wildman–Crippen LogP) is 5.76. The number of aliphatic hydroxyl groups excluding tert-OH is 1. The van der Waals surface area contributed by atoms with E-state index in [1.165, 1.54) is 32.1 Å². The summed E-state index contributed by atoms with van der Waals surface area (Å²) in [7, 11) is 0. The average Bonchev–Trinajstić information content (AvgIpc) is 3.09. The molecule has 4 aliphatic carbocycles. The van der Waals surface area contributed by atoms with Crippen LogP contribution < -0.4 is 0 Å². The Labute approximate surface area is 184 Å². The minimum Gasteiger partial charge on any atom is -0.396 e. The smallest absolute Gasteiger partial charge is 0.133 e. The molecule has 4 aliphatic rings. The van der Waals surface area contributed by atoms with Crippen molar-refractivity contribution in [2.24, 2.45) is 46.3 Å². The van der Waals surface area contributed by atoms with Gasteiger partial charge in [-0.1, -0.05) is 33.6 Å². The van der Waals surface area contributed by atoms with Crippen LogP contribution in [0.4, 0.5) is 0 Å². The average molecular weight is 419 g/mol. The third kappa shape index (κ3) is 3.60. The van der Waals surface area contributed by atoms with E-state index >= 15 is 0 Å². The highest BCUT2D eigenvalue weighted by molar-refractivity contribution is 5.79. The van der Waals surface area contributed by atoms with Crippen molar-refractivity contribution in [2.45, 2.75) is 110 Å². The van der Waals surface area contributed by atoms with Gasteiger partial charge in [0, 0.05) is 24.9 Å². The van der Waals surface area contributed by atoms with Crippen molar-refractivity contribution in [3.8, 4) is 0 Å². The van der Waals surface area contributed by atoms with Gasteiger partial charge >= 0.3 is 0 Å². The van der Waals surface area contributed by atoms with E-state index in [2.05, 4.69) is 27.7 Å². The summed E-state index contributed by atoms with van der Waals surface area (Å²) >= 11 is 0. The van der Waals surface area contributed by atoms with Crippen LogP contribution in [0.3, 0.4) is 0 Å². The minimum absolute atomic E-state index is 0.0871. The van der Waals surface area contributed by atoms with Gasteiger partial charge in [-0.2, -0.15) is 0 Å². The summed E-state index contributed by atoms with van der Waals surface area (Å²) in [6.45, 7) is 9.31. The highest BCUT2D eigenvalue weighted by Crippen LogP contribution is 2.68. The van der Waals surface area contributed by atoms with Crippen molar-refractivity contribution in [3.05, 3.63) is 0 Å². The van der Waals surface area contributed by atoms with Gasteiger partial charge < -0.3 is 10.2 Å². The number of ketones is 1. The third-order valence-corrected chi connectivity index (χ3v) is 10.7. The van der Waals surface area contributed by atoms with E-state index in [4.69, 9.17) is 0 Å². The van der Waals surface area contributed by atoms with Crippen LogP contribution in [0.25, 0.3) is 0 Å². The van der Waals surface area contributed by atoms with Gasteiger partial charge in [0.15, 0.2) is 0 Å². The topological polar surface area (TPSA) is 57.5 Å². The Morgan fingerprint density at radius 1 is 1.10 bits per heavy atom. The summed E-state index contributed by atoms with van der Waals surface area (Å²) in [5, 5.41) is 22.3. The lowest BCUT2D eigenvalue weighted by molar-refractivity contribution is -0.160. The van der Waals surface area contributed by atoms with Crippen LogP contribution in [-0.2, 0) is 4.79 Å². The maximum atomic E-state index is 12.1. The molecule has 4 rings (SSSR count). The number of hydrogen-bond donors (Lipinski definition) is 2. The Morgan fingerprint density at radius 2 is 1.87 bits per heavy atom. The van der Waals surface area contributed by atoms with Crippen LogP contribution in [0.5, 0.6) is 0 Å². The molecule has 4 fully saturated rings. The molecule has 0 spiro atoms. The van der Waals surface area contributed by atoms with E-state index in [1.54, 1.807) is 0 Å². The molecule has 0 unspecified atom stereocenters. The standard InChI is InChI=1S/C27H46O3/c1-18(2)6-5-13-26(4,30)24-10-9-23-21-8-7-19-16-20(29)11-14-25(19,3)22(21)12-15-27(23,24)17-28/h18-19,21-24,28,30H,5-17H2,1-4H3/t19-,21+,22-,23-,24+,25-,26-,27+/m0/s1. The second-order valence-corrected chi connectivity index (χ2v) is 12.6. The number of hydrogen-bond acceptors (Lipinski definition) is 3. The first kappa shape index (κ1) is 22.8. The zero-order valence-corrected chi connectivity index (χ0v) is 20.0. The normalized spacial score (nSPS) is 45.6. The van der Waals surface area contributed by atoms with Crippen molar-refractivity contribution < 1.29 is 15.0 Å². The van der Waals surface area contributed by atoms with Gasteiger partial charge in [0.1, 0.15) is 5.78 Å². The van der Waals surface area contributed by atoms with Gasteiger partial charge in [0.2, 0.25) is 0 Å². The Bertz CT molecular complexity index is 640. The van der Waals surface area contributed by atoms with E-state index < -0.39 is 5.60 Å². The molecule has 0 amide bonds. The maximum absolute atomic E-state index is 12.1. The predicted molar refractivity (Wildman–Crippen MR) is 121 cm³/mol. The SMILES string of the molecule is CC(C)CCC[C@](C)(O)[C@H]1CC[C@H]2[C@@H]3CC[C@H]4CC(=O)CC[C@]4(C)[C@H]3CC[C@@]21CO. The first-order chi connectivity index (χ1) is 14.1. The molecule has 0 radical (unpaired) electrons. The lowest BCUT2D eigenvalue weighted by atomic mass is 9.44. The summed E-state index contributed by atoms with van der Waals surface area (Å²) in [4.78, 5) is 12.1. The zero-order chi connectivity index (χ0) is 21.7. The lowest BCUT2D eigenvalue weighted by Gasteiger charge is -2.61. The third-order valence-electron chi connectivity index (χ3n) is 10.7. The fourth-order valence-corrected chi connectivity index (χ4v) is 9.14. The molecule has 0 saturated heterocycles. The van der Waals surface area contributed by atoms with E-state index in [1.807, 2.05) is 0 Å². The number of aliphatic hydroxyl groups is 2. The second-order valence-electron chi connectivity index (χ2n) is 12.6. The van der Waals surface area contributed by atoms with Crippen LogP contribution in [0.2, 0.25) is 0 Å². The van der Waals surface area contributed by atoms with Gasteiger partial charge in [-0.05, 0) is 99.2 Å². The largest absolute Gasteiger partial charge is 0.396 e. The van der Waals surface area contributed by atoms with E-state index in [-0.39, 0.29) is 17.9 Å². The molecule has 0 aliphatic heterocycles. The number of rotatable bonds is 6. The number of carbonyl (C=O) groups excluding carboxylic acids is 1. The highest BCUT2D eigenvalue weighted by atomic mass is 16.3. The van der Waals surface area contributed by atoms with Gasteiger partial charge in [-0.25, -0.2) is 0 Å². The molecule has 30 heavy (non-hydrogen) atoms. The molecule has 0 bridgehead atoms. The van der Waals surface area contributed by atoms with Gasteiger partial charge in [0.05, 0.1) is 5.60 Å². The zero-order valence-electron chi connectivity index (χ0n) is 20.0. The molecule has 0 aromatic carbocycles. The molecule has 0 aromatic rings. The first-order valence-corrected chi connectivity index (χ1v) is 13.0. The molecular formula is C27H46O3. The molecule has 0 aromatic heterocycles. The Morgan fingerprint density at radius 3 is 2.57 bits per heavy atom. The molecule has 4 saturated carbocycles. The van der Waals surface area contributed by atoms with Crippen molar-refractivity contribution in [3.63, 3.8) is 0 Å². The van der Waals surface area contributed by atoms with Gasteiger partial charge in [-0.15, -0.1) is 0 Å². The van der Waals surface area contributed by atoms with Gasteiger partial charge in [-0.3, -0.25) is 4.79 Å². The van der Waals surface area contributed by atoms with Crippen molar-refractivity contribution in [1.29, 1.82) is 0 Å². The summed E-state index contributed by atoms with van der Waals surface area (Å²) in [6.07, 6.45) is 12.7. The van der Waals surface area contributed by atoms with Crippen LogP contribution >= 0.6 is 0 Å². The number of carbonyl (C=O) groups is 1. The van der Waals surface area contributed by atoms with Crippen LogP contribution in [-0.4, -0.2) is 28.2 Å². The Hall–Kier alpha value is -0.410. The first-order valence-electron chi connectivity index (χ1n) is 13.0. The summed E-state index contributed by atoms with van der Waals surface area (Å²) in [6, 6.07) is 0. The lowest BCUT2D eigenvalue weighted by Crippen LogP contribution is -2.57. The summed E-state index contributed by atoms with van der Waals surface area (Å²) < 4.78 is 0. The van der Waals surface area contributed by atoms with Crippen LogP contribution in [0.1, 0.15) is 105 Å². The van der Waals surface area contributed by atoms with Crippen molar-refractivity contribution in [1.82, 2.24) is 0 Å². The second kappa shape index (κ2) is 8.18. The van der Waals surface area contributed by atoms with Crippen LogP contribution in [0, 0.1) is 46.3 Å². The molecular weight excluding hydrogens is 372 g/mol.